The van der Waals surface area contributed by atoms with E-state index in [1.165, 1.54) is 35.7 Å². The van der Waals surface area contributed by atoms with E-state index in [0.717, 1.165) is 4.70 Å². The number of amides is 2. The van der Waals surface area contributed by atoms with Crippen LogP contribution in [0, 0.1) is 11.6 Å². The monoisotopic (exact) mass is 463 g/mol. The van der Waals surface area contributed by atoms with Crippen LogP contribution >= 0.6 is 11.3 Å². The van der Waals surface area contributed by atoms with Gasteiger partial charge < -0.3 is 20.0 Å². The molecular weight excluding hydrogens is 440 g/mol. The summed E-state index contributed by atoms with van der Waals surface area (Å²) < 4.78 is 28.8. The number of benzene rings is 1. The van der Waals surface area contributed by atoms with Gasteiger partial charge >= 0.3 is 6.03 Å². The van der Waals surface area contributed by atoms with Crippen molar-refractivity contribution in [2.45, 2.75) is 25.5 Å². The van der Waals surface area contributed by atoms with Crippen molar-refractivity contribution in [3.8, 4) is 0 Å². The number of fused-ring (bicyclic) bond motifs is 1. The smallest absolute Gasteiger partial charge is 0.323 e. The molecule has 11 heteroatoms. The van der Waals surface area contributed by atoms with E-state index in [2.05, 4.69) is 15.3 Å². The van der Waals surface area contributed by atoms with Gasteiger partial charge in [-0.1, -0.05) is 11.3 Å². The fourth-order valence-electron chi connectivity index (χ4n) is 3.71. The van der Waals surface area contributed by atoms with E-state index >= 15 is 0 Å². The molecule has 2 amide bonds. The number of urea groups is 1. The predicted molar refractivity (Wildman–Crippen MR) is 118 cm³/mol. The van der Waals surface area contributed by atoms with Crippen LogP contribution in [0.4, 0.5) is 24.5 Å². The minimum absolute atomic E-state index is 0.114. The molecule has 3 aromatic rings. The van der Waals surface area contributed by atoms with Crippen molar-refractivity contribution in [3.05, 3.63) is 47.7 Å². The number of carbonyl (C=O) groups is 1. The van der Waals surface area contributed by atoms with Gasteiger partial charge in [0.2, 0.25) is 0 Å². The number of nitrogens with one attached hydrogen (secondary N) is 1. The zero-order valence-corrected chi connectivity index (χ0v) is 18.1. The summed E-state index contributed by atoms with van der Waals surface area (Å²) in [6.45, 7) is 2.59. The van der Waals surface area contributed by atoms with Crippen LogP contribution in [0.2, 0.25) is 0 Å². The molecular formula is C21H23F2N5O3S. The lowest BCUT2D eigenvalue weighted by atomic mass is 10.1. The van der Waals surface area contributed by atoms with Crippen molar-refractivity contribution in [3.63, 3.8) is 0 Å². The van der Waals surface area contributed by atoms with Gasteiger partial charge in [0.15, 0.2) is 16.8 Å². The van der Waals surface area contributed by atoms with Crippen LogP contribution in [0.3, 0.4) is 0 Å². The fraction of sp³-hybridized carbons (Fsp3) is 0.381. The van der Waals surface area contributed by atoms with Crippen molar-refractivity contribution >= 4 is 38.5 Å². The first-order valence-corrected chi connectivity index (χ1v) is 11.0. The molecule has 32 heavy (non-hydrogen) atoms. The molecule has 0 radical (unpaired) electrons. The molecule has 1 fully saturated rings. The zero-order valence-electron chi connectivity index (χ0n) is 17.3. The average Bonchev–Trinajstić information content (AvgIpc) is 3.15. The summed E-state index contributed by atoms with van der Waals surface area (Å²) in [5.41, 5.74) is 0.981. The number of anilines is 2. The molecule has 3 N–H and O–H groups in total. The molecule has 170 valence electrons. The largest absolute Gasteiger partial charge is 0.394 e. The lowest BCUT2D eigenvalue weighted by molar-refractivity contribution is 0.0954. The van der Waals surface area contributed by atoms with E-state index in [-0.39, 0.29) is 30.1 Å². The highest BCUT2D eigenvalue weighted by atomic mass is 32.1. The van der Waals surface area contributed by atoms with E-state index in [1.54, 1.807) is 15.9 Å². The summed E-state index contributed by atoms with van der Waals surface area (Å²) in [5.74, 6) is -0.712. The van der Waals surface area contributed by atoms with E-state index in [0.29, 0.717) is 35.8 Å². The molecule has 0 spiro atoms. The molecule has 1 saturated heterocycles. The number of hydrogen-bond donors (Lipinski definition) is 3. The number of halogens is 2. The number of rotatable bonds is 5. The van der Waals surface area contributed by atoms with Gasteiger partial charge in [-0.15, -0.1) is 0 Å². The zero-order chi connectivity index (χ0) is 22.8. The lowest BCUT2D eigenvalue weighted by Crippen LogP contribution is -2.55. The number of aromatic nitrogens is 2. The van der Waals surface area contributed by atoms with Gasteiger partial charge in [-0.25, -0.2) is 23.5 Å². The molecule has 1 aromatic carbocycles. The van der Waals surface area contributed by atoms with Crippen molar-refractivity contribution in [1.82, 2.24) is 14.9 Å². The Kier molecular flexibility index (Phi) is 6.49. The minimum atomic E-state index is -0.961. The molecule has 3 heterocycles. The molecule has 0 bridgehead atoms. The normalized spacial score (nSPS) is 17.6. The highest BCUT2D eigenvalue weighted by molar-refractivity contribution is 7.22. The van der Waals surface area contributed by atoms with Crippen LogP contribution < -0.4 is 10.2 Å². The van der Waals surface area contributed by atoms with Crippen LogP contribution in [0.5, 0.6) is 0 Å². The van der Waals surface area contributed by atoms with Gasteiger partial charge in [0, 0.05) is 44.4 Å². The molecule has 0 unspecified atom stereocenters. The Hall–Kier alpha value is -2.89. The quantitative estimate of drug-likeness (QED) is 0.538. The fourth-order valence-corrected chi connectivity index (χ4v) is 4.55. The minimum Gasteiger partial charge on any atom is -0.394 e. The van der Waals surface area contributed by atoms with Crippen LogP contribution in [0.1, 0.15) is 12.5 Å². The second kappa shape index (κ2) is 9.31. The van der Waals surface area contributed by atoms with Crippen molar-refractivity contribution < 1.29 is 23.8 Å². The second-order valence-corrected chi connectivity index (χ2v) is 8.77. The number of thiazole rings is 1. The van der Waals surface area contributed by atoms with Crippen LogP contribution in [0.25, 0.3) is 10.2 Å². The summed E-state index contributed by atoms with van der Waals surface area (Å²) in [4.78, 5) is 24.6. The van der Waals surface area contributed by atoms with E-state index in [4.69, 9.17) is 5.11 Å². The number of carbonyl (C=O) groups excluding carboxylic acids is 1. The Morgan fingerprint density at radius 3 is 2.88 bits per heavy atom. The summed E-state index contributed by atoms with van der Waals surface area (Å²) in [6, 6.07) is 5.09. The van der Waals surface area contributed by atoms with E-state index in [1.807, 2.05) is 6.92 Å². The first kappa shape index (κ1) is 22.3. The van der Waals surface area contributed by atoms with Crippen LogP contribution in [-0.4, -0.2) is 69.5 Å². The SMILES string of the molecule is C[C@H]1CN(C(=O)Nc2nc3cc(F)ccc3s2)CCN1c1ncc(C[C@@H](O)CO)cc1F. The molecule has 8 nitrogen and oxygen atoms in total. The Morgan fingerprint density at radius 1 is 1.34 bits per heavy atom. The average molecular weight is 464 g/mol. The maximum atomic E-state index is 14.7. The van der Waals surface area contributed by atoms with Gasteiger partial charge in [-0.3, -0.25) is 5.32 Å². The number of pyridine rings is 1. The summed E-state index contributed by atoms with van der Waals surface area (Å²) in [6.07, 6.45) is 0.638. The third-order valence-electron chi connectivity index (χ3n) is 5.31. The Morgan fingerprint density at radius 2 is 2.16 bits per heavy atom. The number of hydrogen-bond acceptors (Lipinski definition) is 7. The molecule has 0 saturated carbocycles. The van der Waals surface area contributed by atoms with E-state index in [9.17, 15) is 18.7 Å². The number of aliphatic hydroxyl groups excluding tert-OH is 2. The summed E-state index contributed by atoms with van der Waals surface area (Å²) in [5, 5.41) is 21.6. The maximum absolute atomic E-state index is 14.7. The topological polar surface area (TPSA) is 102 Å². The molecule has 0 aliphatic carbocycles. The van der Waals surface area contributed by atoms with Gasteiger partial charge in [0.05, 0.1) is 22.9 Å². The standard InChI is InChI=1S/C21H23F2N5O3S/c1-12-10-27(21(31)26-20-25-17-8-14(22)2-3-18(17)32-20)4-5-28(12)19-16(23)7-13(9-24-19)6-15(30)11-29/h2-3,7-9,12,15,29-30H,4-6,10-11H2,1H3,(H,25,26,31)/t12-,15+/m0/s1. The number of nitrogens with zero attached hydrogens (tertiary/aromatic N) is 4. The van der Waals surface area contributed by atoms with Gasteiger partial charge in [0.25, 0.3) is 0 Å². The Balaban J connectivity index is 1.39. The van der Waals surface area contributed by atoms with Gasteiger partial charge in [0.1, 0.15) is 5.82 Å². The third-order valence-corrected chi connectivity index (χ3v) is 6.26. The molecule has 1 aliphatic rings. The molecule has 2 atom stereocenters. The number of piperazine rings is 1. The lowest BCUT2D eigenvalue weighted by Gasteiger charge is -2.40. The first-order chi connectivity index (χ1) is 15.3. The van der Waals surface area contributed by atoms with Crippen LogP contribution in [0.15, 0.2) is 30.5 Å². The highest BCUT2D eigenvalue weighted by Crippen LogP contribution is 2.27. The number of aliphatic hydroxyl groups is 2. The second-order valence-electron chi connectivity index (χ2n) is 7.74. The molecule has 2 aromatic heterocycles. The summed E-state index contributed by atoms with van der Waals surface area (Å²) in [7, 11) is 0. The van der Waals surface area contributed by atoms with Crippen molar-refractivity contribution in [1.29, 1.82) is 0 Å². The molecule has 1 aliphatic heterocycles. The van der Waals surface area contributed by atoms with Crippen molar-refractivity contribution in [2.75, 3.05) is 36.5 Å². The Labute approximate surface area is 187 Å². The molecule has 4 rings (SSSR count). The van der Waals surface area contributed by atoms with Crippen LogP contribution in [-0.2, 0) is 6.42 Å². The highest BCUT2D eigenvalue weighted by Gasteiger charge is 2.29. The Bertz CT molecular complexity index is 1130. The maximum Gasteiger partial charge on any atom is 0.323 e. The van der Waals surface area contributed by atoms with Gasteiger partial charge in [-0.05, 0) is 30.7 Å². The first-order valence-electron chi connectivity index (χ1n) is 10.2. The predicted octanol–water partition coefficient (Wildman–Crippen LogP) is 2.61. The third kappa shape index (κ3) is 4.79. The van der Waals surface area contributed by atoms with E-state index < -0.39 is 18.5 Å². The van der Waals surface area contributed by atoms with Gasteiger partial charge in [-0.2, -0.15) is 0 Å². The van der Waals surface area contributed by atoms with Crippen molar-refractivity contribution in [2.24, 2.45) is 0 Å². The summed E-state index contributed by atoms with van der Waals surface area (Å²) >= 11 is 1.27.